The fraction of sp³-hybridized carbons (Fsp3) is 0.278. The molecule has 0 spiro atoms. The largest absolute Gasteiger partial charge is 0.445 e. The maximum Gasteiger partial charge on any atom is 0.407 e. The quantitative estimate of drug-likeness (QED) is 0.605. The third-order valence-corrected chi connectivity index (χ3v) is 5.27. The van der Waals surface area contributed by atoms with Gasteiger partial charge < -0.3 is 10.1 Å². The molecule has 3 nitrogen and oxygen atoms in total. The Labute approximate surface area is 144 Å². The number of hydrogen-bond acceptors (Lipinski definition) is 2. The number of alkyl carbamates (subject to hydrolysis) is 1. The lowest BCUT2D eigenvalue weighted by molar-refractivity contribution is 0.135. The summed E-state index contributed by atoms with van der Waals surface area (Å²) in [6.45, 7) is 0.299. The van der Waals surface area contributed by atoms with Crippen molar-refractivity contribution in [3.63, 3.8) is 0 Å². The minimum atomic E-state index is -0.354. The van der Waals surface area contributed by atoms with Gasteiger partial charge in [0.25, 0.3) is 0 Å². The van der Waals surface area contributed by atoms with Crippen LogP contribution in [0.1, 0.15) is 29.2 Å². The number of carbonyl (C=O) groups excluding carboxylic acids is 1. The first kappa shape index (κ1) is 15.3. The molecule has 3 rings (SSSR count). The van der Waals surface area contributed by atoms with E-state index in [-0.39, 0.29) is 12.1 Å². The Morgan fingerprint density at radius 3 is 2.68 bits per heavy atom. The molecule has 0 saturated carbocycles. The number of amides is 1. The molecule has 0 aliphatic heterocycles. The van der Waals surface area contributed by atoms with Crippen LogP contribution >= 0.6 is 22.6 Å². The molecular formula is C18H18INO2. The summed E-state index contributed by atoms with van der Waals surface area (Å²) in [5.41, 5.74) is 3.53. The van der Waals surface area contributed by atoms with Crippen molar-refractivity contribution in [2.24, 2.45) is 0 Å². The van der Waals surface area contributed by atoms with Gasteiger partial charge >= 0.3 is 6.09 Å². The van der Waals surface area contributed by atoms with Crippen LogP contribution in [0.3, 0.4) is 0 Å². The van der Waals surface area contributed by atoms with E-state index in [1.165, 1.54) is 11.1 Å². The van der Waals surface area contributed by atoms with Crippen LogP contribution < -0.4 is 5.32 Å². The summed E-state index contributed by atoms with van der Waals surface area (Å²) in [7, 11) is 0. The highest BCUT2D eigenvalue weighted by Crippen LogP contribution is 2.34. The Morgan fingerprint density at radius 1 is 1.14 bits per heavy atom. The van der Waals surface area contributed by atoms with Crippen LogP contribution in [0.2, 0.25) is 0 Å². The lowest BCUT2D eigenvalue weighted by atomic mass is 9.88. The van der Waals surface area contributed by atoms with Crippen LogP contribution in [0.4, 0.5) is 4.79 Å². The van der Waals surface area contributed by atoms with E-state index in [0.29, 0.717) is 10.5 Å². The Morgan fingerprint density at radius 2 is 1.86 bits per heavy atom. The van der Waals surface area contributed by atoms with E-state index >= 15 is 0 Å². The van der Waals surface area contributed by atoms with Gasteiger partial charge in [0.1, 0.15) is 6.61 Å². The van der Waals surface area contributed by atoms with E-state index in [4.69, 9.17) is 4.74 Å². The van der Waals surface area contributed by atoms with Gasteiger partial charge in [-0.3, -0.25) is 0 Å². The van der Waals surface area contributed by atoms with Gasteiger partial charge in [-0.25, -0.2) is 4.79 Å². The Kier molecular flexibility index (Phi) is 4.97. The van der Waals surface area contributed by atoms with E-state index in [2.05, 4.69) is 46.1 Å². The number of ether oxygens (including phenoxy) is 1. The normalized spacial score (nSPS) is 20.0. The van der Waals surface area contributed by atoms with E-state index < -0.39 is 0 Å². The number of benzene rings is 2. The molecule has 2 aromatic carbocycles. The summed E-state index contributed by atoms with van der Waals surface area (Å²) in [5, 5.41) is 3.03. The first-order valence-corrected chi connectivity index (χ1v) is 8.67. The first-order chi connectivity index (χ1) is 10.7. The zero-order valence-corrected chi connectivity index (χ0v) is 14.3. The summed E-state index contributed by atoms with van der Waals surface area (Å²) in [6.07, 6.45) is 1.79. The van der Waals surface area contributed by atoms with Gasteiger partial charge in [0.05, 0.1) is 6.04 Å². The predicted molar refractivity (Wildman–Crippen MR) is 95.1 cm³/mol. The van der Waals surface area contributed by atoms with Crippen molar-refractivity contribution in [3.8, 4) is 0 Å². The maximum absolute atomic E-state index is 12.1. The monoisotopic (exact) mass is 407 g/mol. The van der Waals surface area contributed by atoms with E-state index in [1.807, 2.05) is 36.4 Å². The molecule has 2 aromatic rings. The van der Waals surface area contributed by atoms with Gasteiger partial charge in [0.2, 0.25) is 0 Å². The second-order valence-electron chi connectivity index (χ2n) is 5.44. The van der Waals surface area contributed by atoms with Crippen molar-refractivity contribution in [2.45, 2.75) is 29.4 Å². The smallest absolute Gasteiger partial charge is 0.407 e. The van der Waals surface area contributed by atoms with Crippen LogP contribution in [-0.4, -0.2) is 10.0 Å². The fourth-order valence-electron chi connectivity index (χ4n) is 2.78. The van der Waals surface area contributed by atoms with Crippen molar-refractivity contribution >= 4 is 28.7 Å². The molecule has 1 N–H and O–H groups in total. The van der Waals surface area contributed by atoms with Crippen molar-refractivity contribution in [2.75, 3.05) is 0 Å². The van der Waals surface area contributed by atoms with Crippen molar-refractivity contribution in [1.29, 1.82) is 0 Å². The highest BCUT2D eigenvalue weighted by molar-refractivity contribution is 14.1. The standard InChI is InChI=1S/C18H18INO2/c19-16-11-10-14-8-4-5-9-15(14)17(16)20-18(21)22-12-13-6-2-1-3-7-13/h1-9,16-17H,10-12H2,(H,20,21)/t16-,17-/m1/s1. The van der Waals surface area contributed by atoms with Crippen LogP contribution in [-0.2, 0) is 17.8 Å². The van der Waals surface area contributed by atoms with Gasteiger partial charge in [0, 0.05) is 3.92 Å². The molecule has 0 bridgehead atoms. The second-order valence-corrected chi connectivity index (χ2v) is 7.04. The minimum absolute atomic E-state index is 0.0221. The topological polar surface area (TPSA) is 38.3 Å². The highest BCUT2D eigenvalue weighted by atomic mass is 127. The van der Waals surface area contributed by atoms with Crippen LogP contribution in [0.15, 0.2) is 54.6 Å². The highest BCUT2D eigenvalue weighted by Gasteiger charge is 2.29. The van der Waals surface area contributed by atoms with E-state index in [0.717, 1.165) is 18.4 Å². The van der Waals surface area contributed by atoms with Crippen molar-refractivity contribution in [3.05, 3.63) is 71.3 Å². The first-order valence-electron chi connectivity index (χ1n) is 7.43. The summed E-state index contributed by atoms with van der Waals surface area (Å²) in [5.74, 6) is 0. The summed E-state index contributed by atoms with van der Waals surface area (Å²) >= 11 is 2.42. The third-order valence-electron chi connectivity index (χ3n) is 3.93. The Hall–Kier alpha value is -1.56. The number of hydrogen-bond donors (Lipinski definition) is 1. The molecule has 2 atom stereocenters. The zero-order chi connectivity index (χ0) is 15.4. The fourth-order valence-corrected chi connectivity index (χ4v) is 3.66. The van der Waals surface area contributed by atoms with Crippen molar-refractivity contribution in [1.82, 2.24) is 5.32 Å². The molecule has 114 valence electrons. The Balaban J connectivity index is 1.64. The van der Waals surface area contributed by atoms with E-state index in [1.54, 1.807) is 0 Å². The summed E-state index contributed by atoms with van der Waals surface area (Å²) in [4.78, 5) is 12.1. The SMILES string of the molecule is O=C(N[C@@H]1c2ccccc2CC[C@H]1I)OCc1ccccc1. The second kappa shape index (κ2) is 7.13. The van der Waals surface area contributed by atoms with Crippen LogP contribution in [0.25, 0.3) is 0 Å². The molecule has 1 aliphatic rings. The maximum atomic E-state index is 12.1. The van der Waals surface area contributed by atoms with E-state index in [9.17, 15) is 4.79 Å². The van der Waals surface area contributed by atoms with Gasteiger partial charge in [-0.05, 0) is 29.5 Å². The van der Waals surface area contributed by atoms with Crippen LogP contribution in [0.5, 0.6) is 0 Å². The lowest BCUT2D eigenvalue weighted by Crippen LogP contribution is -2.37. The third kappa shape index (κ3) is 3.61. The minimum Gasteiger partial charge on any atom is -0.445 e. The number of carbonyl (C=O) groups is 1. The number of alkyl halides is 1. The summed E-state index contributed by atoms with van der Waals surface area (Å²) < 4.78 is 5.73. The number of rotatable bonds is 3. The molecule has 4 heteroatoms. The number of nitrogens with one attached hydrogen (secondary N) is 1. The molecule has 0 heterocycles. The van der Waals surface area contributed by atoms with Gasteiger partial charge in [-0.15, -0.1) is 0 Å². The molecule has 0 unspecified atom stereocenters. The average molecular weight is 407 g/mol. The molecule has 22 heavy (non-hydrogen) atoms. The molecule has 0 fully saturated rings. The summed E-state index contributed by atoms with van der Waals surface area (Å²) in [6, 6.07) is 18.1. The molecule has 0 aromatic heterocycles. The average Bonchev–Trinajstić information content (AvgIpc) is 2.56. The van der Waals surface area contributed by atoms with Gasteiger partial charge in [0.15, 0.2) is 0 Å². The lowest BCUT2D eigenvalue weighted by Gasteiger charge is -2.30. The number of fused-ring (bicyclic) bond motifs is 1. The molecule has 0 radical (unpaired) electrons. The van der Waals surface area contributed by atoms with Crippen molar-refractivity contribution < 1.29 is 9.53 Å². The zero-order valence-electron chi connectivity index (χ0n) is 12.2. The predicted octanol–water partition coefficient (Wildman–Crippen LogP) is 4.40. The number of aryl methyl sites for hydroxylation is 1. The van der Waals surface area contributed by atoms with Gasteiger partial charge in [-0.1, -0.05) is 77.2 Å². The molecule has 1 aliphatic carbocycles. The molecular weight excluding hydrogens is 389 g/mol. The van der Waals surface area contributed by atoms with Gasteiger partial charge in [-0.2, -0.15) is 0 Å². The molecule has 0 saturated heterocycles. The Bertz CT molecular complexity index is 645. The molecule has 1 amide bonds. The number of halogens is 1. The van der Waals surface area contributed by atoms with Crippen LogP contribution in [0, 0.1) is 0 Å².